The summed E-state index contributed by atoms with van der Waals surface area (Å²) in [5.74, 6) is 1.45. The van der Waals surface area contributed by atoms with Gasteiger partial charge in [0.2, 0.25) is 0 Å². The SMILES string of the molecule is CCOc1ccc(-n2nc(-c3ccccc3)cc2N)cc1. The normalized spacial score (nSPS) is 10.5. The zero-order valence-corrected chi connectivity index (χ0v) is 11.9. The summed E-state index contributed by atoms with van der Waals surface area (Å²) in [5, 5.41) is 4.58. The summed E-state index contributed by atoms with van der Waals surface area (Å²) in [6, 6.07) is 19.6. The lowest BCUT2D eigenvalue weighted by molar-refractivity contribution is 0.340. The minimum absolute atomic E-state index is 0.609. The van der Waals surface area contributed by atoms with E-state index in [-0.39, 0.29) is 0 Å². The summed E-state index contributed by atoms with van der Waals surface area (Å²) in [6.45, 7) is 2.62. The molecule has 1 heterocycles. The number of nitrogens with two attached hydrogens (primary N) is 1. The molecular formula is C17H17N3O. The van der Waals surface area contributed by atoms with E-state index in [4.69, 9.17) is 10.5 Å². The Morgan fingerprint density at radius 1 is 1.05 bits per heavy atom. The van der Waals surface area contributed by atoms with Gasteiger partial charge in [-0.25, -0.2) is 4.68 Å². The lowest BCUT2D eigenvalue weighted by atomic mass is 10.2. The average molecular weight is 279 g/mol. The Morgan fingerprint density at radius 2 is 1.76 bits per heavy atom. The van der Waals surface area contributed by atoms with E-state index in [0.29, 0.717) is 12.4 Å². The van der Waals surface area contributed by atoms with Crippen molar-refractivity contribution >= 4 is 5.82 Å². The third-order valence-electron chi connectivity index (χ3n) is 3.20. The van der Waals surface area contributed by atoms with Crippen LogP contribution >= 0.6 is 0 Å². The standard InChI is InChI=1S/C17H17N3O/c1-2-21-15-10-8-14(9-11-15)20-17(18)12-16(19-20)13-6-4-3-5-7-13/h3-12H,2,18H2,1H3. The smallest absolute Gasteiger partial charge is 0.127 e. The third-order valence-corrected chi connectivity index (χ3v) is 3.20. The molecule has 3 rings (SSSR count). The molecule has 2 aromatic carbocycles. The fourth-order valence-electron chi connectivity index (χ4n) is 2.20. The van der Waals surface area contributed by atoms with Crippen molar-refractivity contribution in [1.29, 1.82) is 0 Å². The molecule has 1 aromatic heterocycles. The van der Waals surface area contributed by atoms with E-state index in [9.17, 15) is 0 Å². The van der Waals surface area contributed by atoms with E-state index in [0.717, 1.165) is 22.7 Å². The molecule has 0 aliphatic carbocycles. The number of aromatic nitrogens is 2. The van der Waals surface area contributed by atoms with Crippen molar-refractivity contribution in [3.8, 4) is 22.7 Å². The van der Waals surface area contributed by atoms with Gasteiger partial charge in [0.25, 0.3) is 0 Å². The number of rotatable bonds is 4. The molecule has 0 amide bonds. The second-order valence-electron chi connectivity index (χ2n) is 4.66. The maximum absolute atomic E-state index is 6.08. The monoisotopic (exact) mass is 279 g/mol. The van der Waals surface area contributed by atoms with Crippen LogP contribution in [0.5, 0.6) is 5.75 Å². The highest BCUT2D eigenvalue weighted by Gasteiger charge is 2.08. The first-order chi connectivity index (χ1) is 10.3. The van der Waals surface area contributed by atoms with E-state index < -0.39 is 0 Å². The van der Waals surface area contributed by atoms with Gasteiger partial charge in [0.1, 0.15) is 11.6 Å². The van der Waals surface area contributed by atoms with Crippen LogP contribution in [0.2, 0.25) is 0 Å². The number of benzene rings is 2. The topological polar surface area (TPSA) is 53.1 Å². The van der Waals surface area contributed by atoms with Crippen molar-refractivity contribution in [2.75, 3.05) is 12.3 Å². The average Bonchev–Trinajstić information content (AvgIpc) is 2.91. The van der Waals surface area contributed by atoms with Crippen LogP contribution in [0.1, 0.15) is 6.92 Å². The van der Waals surface area contributed by atoms with Crippen LogP contribution in [-0.4, -0.2) is 16.4 Å². The first-order valence-electron chi connectivity index (χ1n) is 6.92. The van der Waals surface area contributed by atoms with E-state index in [1.807, 2.05) is 67.6 Å². The summed E-state index contributed by atoms with van der Waals surface area (Å²) in [4.78, 5) is 0. The highest BCUT2D eigenvalue weighted by molar-refractivity contribution is 5.63. The van der Waals surface area contributed by atoms with Gasteiger partial charge < -0.3 is 10.5 Å². The van der Waals surface area contributed by atoms with Crippen LogP contribution in [0.25, 0.3) is 16.9 Å². The number of ether oxygens (including phenoxy) is 1. The molecular weight excluding hydrogens is 262 g/mol. The first-order valence-corrected chi connectivity index (χ1v) is 6.92. The molecule has 0 fully saturated rings. The van der Waals surface area contributed by atoms with Crippen molar-refractivity contribution in [1.82, 2.24) is 9.78 Å². The van der Waals surface area contributed by atoms with Crippen LogP contribution in [0.3, 0.4) is 0 Å². The molecule has 0 unspecified atom stereocenters. The van der Waals surface area contributed by atoms with Crippen molar-refractivity contribution < 1.29 is 4.74 Å². The van der Waals surface area contributed by atoms with Gasteiger partial charge in [-0.05, 0) is 31.2 Å². The van der Waals surface area contributed by atoms with E-state index >= 15 is 0 Å². The van der Waals surface area contributed by atoms with Gasteiger partial charge in [-0.3, -0.25) is 0 Å². The van der Waals surface area contributed by atoms with Crippen LogP contribution in [0, 0.1) is 0 Å². The van der Waals surface area contributed by atoms with E-state index in [2.05, 4.69) is 5.10 Å². The van der Waals surface area contributed by atoms with Gasteiger partial charge in [0.05, 0.1) is 18.0 Å². The number of anilines is 1. The van der Waals surface area contributed by atoms with Gasteiger partial charge in [-0.2, -0.15) is 5.10 Å². The number of nitrogen functional groups attached to an aromatic ring is 1. The molecule has 4 heteroatoms. The zero-order valence-electron chi connectivity index (χ0n) is 11.9. The lowest BCUT2D eigenvalue weighted by Gasteiger charge is -2.06. The Bertz CT molecular complexity index is 718. The van der Waals surface area contributed by atoms with Crippen molar-refractivity contribution in [2.45, 2.75) is 6.92 Å². The number of nitrogens with zero attached hydrogens (tertiary/aromatic N) is 2. The maximum Gasteiger partial charge on any atom is 0.127 e. The molecule has 4 nitrogen and oxygen atoms in total. The molecule has 0 spiro atoms. The fourth-order valence-corrected chi connectivity index (χ4v) is 2.20. The molecule has 0 radical (unpaired) electrons. The van der Waals surface area contributed by atoms with Gasteiger partial charge >= 0.3 is 0 Å². The molecule has 106 valence electrons. The second kappa shape index (κ2) is 5.71. The highest BCUT2D eigenvalue weighted by Crippen LogP contribution is 2.23. The fraction of sp³-hybridized carbons (Fsp3) is 0.118. The van der Waals surface area contributed by atoms with Crippen LogP contribution in [0.4, 0.5) is 5.82 Å². The van der Waals surface area contributed by atoms with Gasteiger partial charge in [-0.1, -0.05) is 30.3 Å². The highest BCUT2D eigenvalue weighted by atomic mass is 16.5. The number of hydrogen-bond donors (Lipinski definition) is 1. The van der Waals surface area contributed by atoms with Gasteiger partial charge in [0, 0.05) is 11.6 Å². The van der Waals surface area contributed by atoms with E-state index in [1.165, 1.54) is 0 Å². The van der Waals surface area contributed by atoms with Crippen molar-refractivity contribution in [2.24, 2.45) is 0 Å². The Kier molecular flexibility index (Phi) is 3.60. The summed E-state index contributed by atoms with van der Waals surface area (Å²) in [7, 11) is 0. The van der Waals surface area contributed by atoms with E-state index in [1.54, 1.807) is 4.68 Å². The zero-order chi connectivity index (χ0) is 14.7. The Balaban J connectivity index is 1.94. The summed E-state index contributed by atoms with van der Waals surface area (Å²) in [6.07, 6.45) is 0. The molecule has 3 aromatic rings. The van der Waals surface area contributed by atoms with Crippen molar-refractivity contribution in [3.05, 3.63) is 60.7 Å². The minimum Gasteiger partial charge on any atom is -0.494 e. The summed E-state index contributed by atoms with van der Waals surface area (Å²) in [5.41, 5.74) is 8.90. The predicted octanol–water partition coefficient (Wildman–Crippen LogP) is 3.52. The van der Waals surface area contributed by atoms with Crippen molar-refractivity contribution in [3.63, 3.8) is 0 Å². The lowest BCUT2D eigenvalue weighted by Crippen LogP contribution is -2.01. The first kappa shape index (κ1) is 13.2. The number of hydrogen-bond acceptors (Lipinski definition) is 3. The summed E-state index contributed by atoms with van der Waals surface area (Å²) >= 11 is 0. The van der Waals surface area contributed by atoms with Crippen LogP contribution in [0.15, 0.2) is 60.7 Å². The van der Waals surface area contributed by atoms with Crippen LogP contribution in [-0.2, 0) is 0 Å². The molecule has 0 saturated heterocycles. The Hall–Kier alpha value is -2.75. The van der Waals surface area contributed by atoms with Crippen LogP contribution < -0.4 is 10.5 Å². The molecule has 21 heavy (non-hydrogen) atoms. The molecule has 2 N–H and O–H groups in total. The molecule has 0 atom stereocenters. The Labute approximate surface area is 123 Å². The summed E-state index contributed by atoms with van der Waals surface area (Å²) < 4.78 is 7.17. The minimum atomic E-state index is 0.609. The predicted molar refractivity (Wildman–Crippen MR) is 84.6 cm³/mol. The van der Waals surface area contributed by atoms with Gasteiger partial charge in [0.15, 0.2) is 0 Å². The molecule has 0 bridgehead atoms. The van der Waals surface area contributed by atoms with Gasteiger partial charge in [-0.15, -0.1) is 0 Å². The second-order valence-corrected chi connectivity index (χ2v) is 4.66. The molecule has 0 saturated carbocycles. The largest absolute Gasteiger partial charge is 0.494 e. The maximum atomic E-state index is 6.08. The third kappa shape index (κ3) is 2.74. The Morgan fingerprint density at radius 3 is 2.43 bits per heavy atom. The quantitative estimate of drug-likeness (QED) is 0.795. The molecule has 0 aliphatic rings. The molecule has 0 aliphatic heterocycles.